The molecule has 0 bridgehead atoms. The minimum atomic E-state index is 0.653. The van der Waals surface area contributed by atoms with E-state index in [-0.39, 0.29) is 0 Å². The summed E-state index contributed by atoms with van der Waals surface area (Å²) in [5.41, 5.74) is 0.653. The van der Waals surface area contributed by atoms with Crippen molar-refractivity contribution in [2.75, 3.05) is 38.6 Å². The van der Waals surface area contributed by atoms with Crippen molar-refractivity contribution >= 4 is 5.82 Å². The van der Waals surface area contributed by atoms with E-state index in [1.54, 1.807) is 12.3 Å². The normalized spacial score (nSPS) is 10.3. The average molecular weight is 232 g/mol. The van der Waals surface area contributed by atoms with Gasteiger partial charge in [-0.15, -0.1) is 0 Å². The van der Waals surface area contributed by atoms with Crippen LogP contribution in [0.5, 0.6) is 0 Å². The maximum atomic E-state index is 9.09. The van der Waals surface area contributed by atoms with E-state index in [0.717, 1.165) is 31.9 Å². The number of anilines is 1. The standard InChI is InChI=1S/C13H20N4/c1-4-8-17(10-9-16(2)3)13-12(11-14)6-5-7-15-13/h5-7H,4,8-10H2,1-3H3. The van der Waals surface area contributed by atoms with Gasteiger partial charge in [-0.05, 0) is 32.6 Å². The molecular formula is C13H20N4. The number of likely N-dealkylation sites (N-methyl/N-ethyl adjacent to an activating group) is 1. The molecule has 0 aliphatic rings. The van der Waals surface area contributed by atoms with Crippen LogP contribution in [0.1, 0.15) is 18.9 Å². The summed E-state index contributed by atoms with van der Waals surface area (Å²) < 4.78 is 0. The summed E-state index contributed by atoms with van der Waals surface area (Å²) in [6, 6.07) is 5.83. The van der Waals surface area contributed by atoms with Crippen LogP contribution in [0.4, 0.5) is 5.82 Å². The fourth-order valence-corrected chi connectivity index (χ4v) is 1.65. The first-order valence-electron chi connectivity index (χ1n) is 5.93. The maximum absolute atomic E-state index is 9.09. The van der Waals surface area contributed by atoms with E-state index in [4.69, 9.17) is 5.26 Å². The molecule has 1 aromatic rings. The number of nitrogens with zero attached hydrogens (tertiary/aromatic N) is 4. The number of rotatable bonds is 6. The molecule has 4 heteroatoms. The summed E-state index contributed by atoms with van der Waals surface area (Å²) in [5.74, 6) is 0.804. The van der Waals surface area contributed by atoms with Crippen molar-refractivity contribution < 1.29 is 0 Å². The fourth-order valence-electron chi connectivity index (χ4n) is 1.65. The third-order valence-corrected chi connectivity index (χ3v) is 2.52. The number of nitriles is 1. The first kappa shape index (κ1) is 13.5. The molecule has 0 unspecified atom stereocenters. The van der Waals surface area contributed by atoms with E-state index in [9.17, 15) is 0 Å². The lowest BCUT2D eigenvalue weighted by atomic mass is 10.2. The second-order valence-electron chi connectivity index (χ2n) is 4.28. The minimum absolute atomic E-state index is 0.653. The van der Waals surface area contributed by atoms with Crippen LogP contribution in [-0.2, 0) is 0 Å². The highest BCUT2D eigenvalue weighted by Gasteiger charge is 2.11. The number of hydrogen-bond acceptors (Lipinski definition) is 4. The van der Waals surface area contributed by atoms with Gasteiger partial charge in [0.1, 0.15) is 11.9 Å². The van der Waals surface area contributed by atoms with Crippen molar-refractivity contribution in [3.8, 4) is 6.07 Å². The molecule has 17 heavy (non-hydrogen) atoms. The molecule has 0 radical (unpaired) electrons. The summed E-state index contributed by atoms with van der Waals surface area (Å²) in [6.07, 6.45) is 2.80. The molecule has 0 spiro atoms. The second kappa shape index (κ2) is 6.87. The van der Waals surface area contributed by atoms with Gasteiger partial charge in [0.05, 0.1) is 5.56 Å². The lowest BCUT2D eigenvalue weighted by Gasteiger charge is -2.25. The van der Waals surface area contributed by atoms with Gasteiger partial charge < -0.3 is 9.80 Å². The van der Waals surface area contributed by atoms with Gasteiger partial charge in [0.2, 0.25) is 0 Å². The van der Waals surface area contributed by atoms with Crippen LogP contribution in [0.15, 0.2) is 18.3 Å². The molecule has 0 aliphatic carbocycles. The fraction of sp³-hybridized carbons (Fsp3) is 0.538. The van der Waals surface area contributed by atoms with Gasteiger partial charge in [0.15, 0.2) is 0 Å². The first-order chi connectivity index (χ1) is 8.19. The predicted octanol–water partition coefficient (Wildman–Crippen LogP) is 1.73. The zero-order valence-corrected chi connectivity index (χ0v) is 10.8. The molecule has 1 aromatic heterocycles. The highest BCUT2D eigenvalue weighted by atomic mass is 15.2. The maximum Gasteiger partial charge on any atom is 0.146 e. The van der Waals surface area contributed by atoms with E-state index < -0.39 is 0 Å². The lowest BCUT2D eigenvalue weighted by molar-refractivity contribution is 0.412. The van der Waals surface area contributed by atoms with Crippen LogP contribution in [0.25, 0.3) is 0 Å². The van der Waals surface area contributed by atoms with E-state index in [0.29, 0.717) is 5.56 Å². The van der Waals surface area contributed by atoms with Gasteiger partial charge >= 0.3 is 0 Å². The minimum Gasteiger partial charge on any atom is -0.354 e. The Bertz CT molecular complexity index is 381. The molecule has 92 valence electrons. The Morgan fingerprint density at radius 1 is 1.29 bits per heavy atom. The second-order valence-corrected chi connectivity index (χ2v) is 4.28. The van der Waals surface area contributed by atoms with Gasteiger partial charge in [-0.25, -0.2) is 4.98 Å². The van der Waals surface area contributed by atoms with Crippen LogP contribution in [0, 0.1) is 11.3 Å². The number of aromatic nitrogens is 1. The summed E-state index contributed by atoms with van der Waals surface area (Å²) in [7, 11) is 4.10. The largest absolute Gasteiger partial charge is 0.354 e. The zero-order chi connectivity index (χ0) is 12.7. The molecule has 1 rings (SSSR count). The summed E-state index contributed by atoms with van der Waals surface area (Å²) >= 11 is 0. The van der Waals surface area contributed by atoms with Gasteiger partial charge in [0.25, 0.3) is 0 Å². The third-order valence-electron chi connectivity index (χ3n) is 2.52. The van der Waals surface area contributed by atoms with Gasteiger partial charge in [-0.3, -0.25) is 0 Å². The Morgan fingerprint density at radius 3 is 2.65 bits per heavy atom. The summed E-state index contributed by atoms with van der Waals surface area (Å²) in [6.45, 7) is 4.92. The van der Waals surface area contributed by atoms with Crippen LogP contribution in [0.2, 0.25) is 0 Å². The third kappa shape index (κ3) is 4.04. The molecule has 0 fully saturated rings. The zero-order valence-electron chi connectivity index (χ0n) is 10.8. The monoisotopic (exact) mass is 232 g/mol. The quantitative estimate of drug-likeness (QED) is 0.749. The lowest BCUT2D eigenvalue weighted by Crippen LogP contribution is -2.33. The predicted molar refractivity (Wildman–Crippen MR) is 70.0 cm³/mol. The summed E-state index contributed by atoms with van der Waals surface area (Å²) in [5, 5.41) is 9.09. The van der Waals surface area contributed by atoms with E-state index in [1.807, 2.05) is 20.2 Å². The Morgan fingerprint density at radius 2 is 2.06 bits per heavy atom. The highest BCUT2D eigenvalue weighted by molar-refractivity contribution is 5.53. The van der Waals surface area contributed by atoms with Crippen LogP contribution < -0.4 is 4.90 Å². The van der Waals surface area contributed by atoms with E-state index >= 15 is 0 Å². The van der Waals surface area contributed by atoms with Crippen LogP contribution >= 0.6 is 0 Å². The average Bonchev–Trinajstić information content (AvgIpc) is 2.34. The molecule has 0 atom stereocenters. The molecule has 1 heterocycles. The van der Waals surface area contributed by atoms with Crippen molar-refractivity contribution in [2.24, 2.45) is 0 Å². The molecule has 4 nitrogen and oxygen atoms in total. The van der Waals surface area contributed by atoms with E-state index in [2.05, 4.69) is 27.8 Å². The van der Waals surface area contributed by atoms with Crippen molar-refractivity contribution in [1.82, 2.24) is 9.88 Å². The Kier molecular flexibility index (Phi) is 5.44. The highest BCUT2D eigenvalue weighted by Crippen LogP contribution is 2.16. The first-order valence-corrected chi connectivity index (χ1v) is 5.93. The Hall–Kier alpha value is -1.60. The van der Waals surface area contributed by atoms with Crippen LogP contribution in [-0.4, -0.2) is 43.6 Å². The van der Waals surface area contributed by atoms with Gasteiger partial charge in [-0.1, -0.05) is 6.92 Å². The number of hydrogen-bond donors (Lipinski definition) is 0. The molecule has 0 aliphatic heterocycles. The number of pyridine rings is 1. The molecule has 0 saturated carbocycles. The molecular weight excluding hydrogens is 212 g/mol. The molecule has 0 saturated heterocycles. The SMILES string of the molecule is CCCN(CCN(C)C)c1ncccc1C#N. The summed E-state index contributed by atoms with van der Waals surface area (Å²) in [4.78, 5) is 8.65. The van der Waals surface area contributed by atoms with Crippen molar-refractivity contribution in [1.29, 1.82) is 5.26 Å². The smallest absolute Gasteiger partial charge is 0.146 e. The van der Waals surface area contributed by atoms with Crippen molar-refractivity contribution in [2.45, 2.75) is 13.3 Å². The van der Waals surface area contributed by atoms with Crippen molar-refractivity contribution in [3.63, 3.8) is 0 Å². The van der Waals surface area contributed by atoms with Crippen molar-refractivity contribution in [3.05, 3.63) is 23.9 Å². The van der Waals surface area contributed by atoms with Gasteiger partial charge in [0, 0.05) is 25.8 Å². The molecule has 0 N–H and O–H groups in total. The molecule has 0 amide bonds. The topological polar surface area (TPSA) is 43.2 Å². The van der Waals surface area contributed by atoms with Gasteiger partial charge in [-0.2, -0.15) is 5.26 Å². The Balaban J connectivity index is 2.85. The van der Waals surface area contributed by atoms with E-state index in [1.165, 1.54) is 0 Å². The van der Waals surface area contributed by atoms with Crippen LogP contribution in [0.3, 0.4) is 0 Å². The molecule has 0 aromatic carbocycles. The Labute approximate surface area is 103 Å².